The van der Waals surface area contributed by atoms with Crippen LogP contribution in [0, 0.1) is 0 Å². The van der Waals surface area contributed by atoms with Crippen LogP contribution in [0.3, 0.4) is 0 Å². The van der Waals surface area contributed by atoms with Crippen molar-refractivity contribution < 1.29 is 19.0 Å². The van der Waals surface area contributed by atoms with Crippen LogP contribution in [0.5, 0.6) is 11.5 Å². The van der Waals surface area contributed by atoms with Crippen molar-refractivity contribution >= 4 is 5.97 Å². The predicted octanol–water partition coefficient (Wildman–Crippen LogP) is 3.67. The van der Waals surface area contributed by atoms with Crippen molar-refractivity contribution in [3.63, 3.8) is 0 Å². The van der Waals surface area contributed by atoms with Crippen LogP contribution in [0.15, 0.2) is 48.1 Å². The average molecular weight is 302 g/mol. The summed E-state index contributed by atoms with van der Waals surface area (Å²) in [5.41, 5.74) is 1.61. The van der Waals surface area contributed by atoms with Gasteiger partial charge in [-0.05, 0) is 56.0 Å². The Morgan fingerprint density at radius 3 is 2.27 bits per heavy atom. The topological polar surface area (TPSA) is 44.8 Å². The molecule has 0 aliphatic heterocycles. The van der Waals surface area contributed by atoms with Crippen LogP contribution in [0.4, 0.5) is 0 Å². The fraction of sp³-hybridized carbons (Fsp3) is 0.389. The van der Waals surface area contributed by atoms with E-state index in [0.29, 0.717) is 11.3 Å². The molecule has 0 heterocycles. The zero-order valence-electron chi connectivity index (χ0n) is 13.1. The second kappa shape index (κ2) is 7.69. The van der Waals surface area contributed by atoms with Crippen LogP contribution in [0.25, 0.3) is 0 Å². The fourth-order valence-electron chi connectivity index (χ4n) is 2.46. The Hall–Kier alpha value is -2.23. The van der Waals surface area contributed by atoms with E-state index >= 15 is 0 Å². The number of rotatable bonds is 6. The van der Waals surface area contributed by atoms with Crippen LogP contribution in [-0.4, -0.2) is 26.3 Å². The number of hydrogen-bond donors (Lipinski definition) is 0. The van der Waals surface area contributed by atoms with E-state index in [0.717, 1.165) is 18.6 Å². The lowest BCUT2D eigenvalue weighted by Gasteiger charge is -2.18. The van der Waals surface area contributed by atoms with Gasteiger partial charge >= 0.3 is 5.97 Å². The van der Waals surface area contributed by atoms with Crippen LogP contribution in [-0.2, 0) is 9.53 Å². The highest BCUT2D eigenvalue weighted by Gasteiger charge is 2.21. The Kier molecular flexibility index (Phi) is 5.64. The van der Waals surface area contributed by atoms with Crippen molar-refractivity contribution in [3.8, 4) is 11.5 Å². The Bertz CT molecular complexity index is 549. The first-order chi connectivity index (χ1) is 10.6. The maximum atomic E-state index is 11.8. The summed E-state index contributed by atoms with van der Waals surface area (Å²) in [4.78, 5) is 11.8. The molecule has 0 bridgehead atoms. The summed E-state index contributed by atoms with van der Waals surface area (Å²) in [5, 5.41) is 0. The van der Waals surface area contributed by atoms with E-state index in [1.807, 2.05) is 30.3 Å². The van der Waals surface area contributed by atoms with Gasteiger partial charge in [0.15, 0.2) is 0 Å². The summed E-state index contributed by atoms with van der Waals surface area (Å²) in [6.07, 6.45) is 5.97. The maximum absolute atomic E-state index is 11.8. The van der Waals surface area contributed by atoms with Gasteiger partial charge in [-0.15, -0.1) is 0 Å². The summed E-state index contributed by atoms with van der Waals surface area (Å²) in [7, 11) is 2.96. The molecule has 0 N–H and O–H groups in total. The number of methoxy groups -OCH3 is 2. The molecular weight excluding hydrogens is 280 g/mol. The first-order valence-electron chi connectivity index (χ1n) is 7.41. The first-order valence-corrected chi connectivity index (χ1v) is 7.41. The molecule has 4 nitrogen and oxygen atoms in total. The number of carbonyl (C=O) groups is 1. The maximum Gasteiger partial charge on any atom is 0.337 e. The third-order valence-electron chi connectivity index (χ3n) is 3.75. The van der Waals surface area contributed by atoms with Gasteiger partial charge in [0.05, 0.1) is 19.8 Å². The summed E-state index contributed by atoms with van der Waals surface area (Å²) in [6.45, 7) is 3.83. The van der Waals surface area contributed by atoms with Crippen molar-refractivity contribution in [1.29, 1.82) is 0 Å². The lowest BCUT2D eigenvalue weighted by Crippen LogP contribution is -2.23. The molecule has 1 fully saturated rings. The highest BCUT2D eigenvalue weighted by Crippen LogP contribution is 2.27. The summed E-state index contributed by atoms with van der Waals surface area (Å²) in [5.74, 6) is 0.962. The predicted molar refractivity (Wildman–Crippen MR) is 85.1 cm³/mol. The van der Waals surface area contributed by atoms with Crippen LogP contribution >= 0.6 is 0 Å². The Labute approximate surface area is 131 Å². The largest absolute Gasteiger partial charge is 0.497 e. The molecule has 0 unspecified atom stereocenters. The molecule has 1 saturated carbocycles. The minimum atomic E-state index is -0.506. The second-order valence-corrected chi connectivity index (χ2v) is 5.26. The number of carbonyl (C=O) groups excluding carboxylic acids is 1. The average Bonchev–Trinajstić information content (AvgIpc) is 3.06. The van der Waals surface area contributed by atoms with Gasteiger partial charge in [-0.3, -0.25) is 0 Å². The highest BCUT2D eigenvalue weighted by molar-refractivity contribution is 5.89. The molecular formula is C18H22O4. The summed E-state index contributed by atoms with van der Waals surface area (Å²) in [6, 6.07) is 7.25. The van der Waals surface area contributed by atoms with E-state index < -0.39 is 12.1 Å². The van der Waals surface area contributed by atoms with E-state index in [9.17, 15) is 4.79 Å². The third-order valence-corrected chi connectivity index (χ3v) is 3.75. The molecule has 1 aromatic rings. The SMILES string of the molecule is C=C(C(=O)OC)[C@H](C=C1CCCC1)Oc1ccc(OC)cc1. The number of ether oxygens (including phenoxy) is 3. The summed E-state index contributed by atoms with van der Waals surface area (Å²) >= 11 is 0. The quantitative estimate of drug-likeness (QED) is 0.457. The van der Waals surface area contributed by atoms with Gasteiger partial charge in [-0.1, -0.05) is 12.2 Å². The summed E-state index contributed by atoms with van der Waals surface area (Å²) < 4.78 is 15.8. The van der Waals surface area contributed by atoms with Crippen LogP contribution in [0.1, 0.15) is 25.7 Å². The zero-order valence-corrected chi connectivity index (χ0v) is 13.1. The van der Waals surface area contributed by atoms with Gasteiger partial charge < -0.3 is 14.2 Å². The standard InChI is InChI=1S/C18H22O4/c1-13(18(19)21-3)17(12-14-6-4-5-7-14)22-16-10-8-15(20-2)9-11-16/h8-12,17H,1,4-7H2,2-3H3/t17-/m0/s1. The molecule has 0 radical (unpaired) electrons. The van der Waals surface area contributed by atoms with Crippen molar-refractivity contribution in [1.82, 2.24) is 0 Å². The molecule has 0 saturated heterocycles. The minimum absolute atomic E-state index is 0.303. The molecule has 2 rings (SSSR count). The number of esters is 1. The zero-order chi connectivity index (χ0) is 15.9. The van der Waals surface area contributed by atoms with E-state index in [1.54, 1.807) is 7.11 Å². The van der Waals surface area contributed by atoms with Crippen molar-refractivity contribution in [3.05, 3.63) is 48.1 Å². The first kappa shape index (κ1) is 16.1. The molecule has 0 aromatic heterocycles. The number of benzene rings is 1. The normalized spacial score (nSPS) is 15.1. The van der Waals surface area contributed by atoms with Crippen molar-refractivity contribution in [2.24, 2.45) is 0 Å². The molecule has 1 atom stereocenters. The molecule has 1 aromatic carbocycles. The van der Waals surface area contributed by atoms with E-state index in [2.05, 4.69) is 6.58 Å². The molecule has 118 valence electrons. The smallest absolute Gasteiger partial charge is 0.337 e. The fourth-order valence-corrected chi connectivity index (χ4v) is 2.46. The minimum Gasteiger partial charge on any atom is -0.497 e. The molecule has 1 aliphatic rings. The monoisotopic (exact) mass is 302 g/mol. The van der Waals surface area contributed by atoms with Crippen LogP contribution in [0.2, 0.25) is 0 Å². The Morgan fingerprint density at radius 1 is 1.14 bits per heavy atom. The second-order valence-electron chi connectivity index (χ2n) is 5.26. The van der Waals surface area contributed by atoms with Gasteiger partial charge in [-0.25, -0.2) is 4.79 Å². The molecule has 0 amide bonds. The number of hydrogen-bond acceptors (Lipinski definition) is 4. The van der Waals surface area contributed by atoms with Gasteiger partial charge in [0.1, 0.15) is 17.6 Å². The van der Waals surface area contributed by atoms with Gasteiger partial charge in [-0.2, -0.15) is 0 Å². The van der Waals surface area contributed by atoms with Crippen molar-refractivity contribution in [2.75, 3.05) is 14.2 Å². The van der Waals surface area contributed by atoms with Crippen LogP contribution < -0.4 is 9.47 Å². The molecule has 22 heavy (non-hydrogen) atoms. The van der Waals surface area contributed by atoms with E-state index in [4.69, 9.17) is 14.2 Å². The lowest BCUT2D eigenvalue weighted by molar-refractivity contribution is -0.136. The van der Waals surface area contributed by atoms with E-state index in [-0.39, 0.29) is 0 Å². The van der Waals surface area contributed by atoms with Gasteiger partial charge in [0.25, 0.3) is 0 Å². The van der Waals surface area contributed by atoms with Gasteiger partial charge in [0, 0.05) is 0 Å². The molecule has 1 aliphatic carbocycles. The van der Waals surface area contributed by atoms with Crippen molar-refractivity contribution in [2.45, 2.75) is 31.8 Å². The third kappa shape index (κ3) is 4.13. The molecule has 4 heteroatoms. The van der Waals surface area contributed by atoms with Gasteiger partial charge in [0.2, 0.25) is 0 Å². The Balaban J connectivity index is 2.17. The highest BCUT2D eigenvalue weighted by atomic mass is 16.5. The van der Waals surface area contributed by atoms with E-state index in [1.165, 1.54) is 25.5 Å². The number of allylic oxidation sites excluding steroid dienone is 1. The lowest BCUT2D eigenvalue weighted by atomic mass is 10.1. The Morgan fingerprint density at radius 2 is 1.73 bits per heavy atom. The molecule has 0 spiro atoms.